The van der Waals surface area contributed by atoms with Gasteiger partial charge in [0.1, 0.15) is 0 Å². The number of nitrogens with one attached hydrogen (secondary N) is 2. The van der Waals surface area contributed by atoms with Crippen molar-refractivity contribution in [2.75, 3.05) is 26.8 Å². The van der Waals surface area contributed by atoms with Gasteiger partial charge >= 0.3 is 0 Å². The molecule has 0 saturated carbocycles. The summed E-state index contributed by atoms with van der Waals surface area (Å²) in [6, 6.07) is 0.166. The van der Waals surface area contributed by atoms with E-state index in [1.54, 1.807) is 7.11 Å². The normalized spacial score (nSPS) is 19.4. The zero-order valence-electron chi connectivity index (χ0n) is 10.4. The van der Waals surface area contributed by atoms with Gasteiger partial charge in [0, 0.05) is 13.5 Å². The second kappa shape index (κ2) is 7.63. The Kier molecular flexibility index (Phi) is 6.42. The molecule has 1 heterocycles. The number of carbonyl (C=O) groups is 1. The molecular weight excluding hydrogens is 204 g/mol. The smallest absolute Gasteiger partial charge is 0.220 e. The molecule has 0 aromatic carbocycles. The average molecular weight is 228 g/mol. The molecule has 1 amide bonds. The molecule has 4 heteroatoms. The summed E-state index contributed by atoms with van der Waals surface area (Å²) in [6.07, 6.45) is 3.83. The van der Waals surface area contributed by atoms with Crippen LogP contribution in [0.2, 0.25) is 0 Å². The first-order valence-electron chi connectivity index (χ1n) is 6.25. The number of hydrogen-bond acceptors (Lipinski definition) is 3. The maximum absolute atomic E-state index is 11.8. The summed E-state index contributed by atoms with van der Waals surface area (Å²) in [4.78, 5) is 11.8. The largest absolute Gasteiger partial charge is 0.383 e. The van der Waals surface area contributed by atoms with Crippen molar-refractivity contribution < 1.29 is 9.53 Å². The Morgan fingerprint density at radius 2 is 2.19 bits per heavy atom. The minimum atomic E-state index is 0.166. The third-order valence-corrected chi connectivity index (χ3v) is 3.16. The molecule has 16 heavy (non-hydrogen) atoms. The Labute approximate surface area is 98.1 Å². The molecule has 1 fully saturated rings. The molecule has 1 atom stereocenters. The van der Waals surface area contributed by atoms with E-state index in [4.69, 9.17) is 4.74 Å². The van der Waals surface area contributed by atoms with Crippen LogP contribution in [0.5, 0.6) is 0 Å². The number of methoxy groups -OCH3 is 1. The monoisotopic (exact) mass is 228 g/mol. The third-order valence-electron chi connectivity index (χ3n) is 3.16. The summed E-state index contributed by atoms with van der Waals surface area (Å²) in [5, 5.41) is 6.34. The highest BCUT2D eigenvalue weighted by Crippen LogP contribution is 2.15. The Morgan fingerprint density at radius 3 is 2.75 bits per heavy atom. The molecular formula is C12H24N2O2. The fourth-order valence-electron chi connectivity index (χ4n) is 2.10. The molecule has 0 radical (unpaired) electrons. The van der Waals surface area contributed by atoms with Crippen LogP contribution >= 0.6 is 0 Å². The van der Waals surface area contributed by atoms with Crippen molar-refractivity contribution in [2.24, 2.45) is 5.92 Å². The Balaban J connectivity index is 2.22. The Hall–Kier alpha value is -0.610. The second-order valence-electron chi connectivity index (χ2n) is 4.53. The van der Waals surface area contributed by atoms with Crippen LogP contribution in [0.3, 0.4) is 0 Å². The maximum atomic E-state index is 11.8. The van der Waals surface area contributed by atoms with Gasteiger partial charge < -0.3 is 15.4 Å². The molecule has 94 valence electrons. The van der Waals surface area contributed by atoms with Crippen molar-refractivity contribution in [3.63, 3.8) is 0 Å². The van der Waals surface area contributed by atoms with E-state index in [1.807, 2.05) is 0 Å². The Bertz CT molecular complexity index is 194. The summed E-state index contributed by atoms with van der Waals surface area (Å²) in [5.41, 5.74) is 0. The third kappa shape index (κ3) is 4.94. The van der Waals surface area contributed by atoms with Crippen molar-refractivity contribution in [3.8, 4) is 0 Å². The van der Waals surface area contributed by atoms with Crippen LogP contribution < -0.4 is 10.6 Å². The summed E-state index contributed by atoms with van der Waals surface area (Å²) in [7, 11) is 1.67. The minimum Gasteiger partial charge on any atom is -0.383 e. The van der Waals surface area contributed by atoms with Crippen LogP contribution in [0.25, 0.3) is 0 Å². The molecule has 0 bridgehead atoms. The van der Waals surface area contributed by atoms with Crippen LogP contribution in [0, 0.1) is 5.92 Å². The number of ether oxygens (including phenoxy) is 1. The van der Waals surface area contributed by atoms with E-state index in [0.29, 0.717) is 18.9 Å². The van der Waals surface area contributed by atoms with Crippen molar-refractivity contribution in [1.29, 1.82) is 0 Å². The first kappa shape index (κ1) is 13.5. The summed E-state index contributed by atoms with van der Waals surface area (Å²) >= 11 is 0. The number of carbonyl (C=O) groups excluding carboxylic acids is 1. The lowest BCUT2D eigenvalue weighted by Gasteiger charge is -2.23. The fourth-order valence-corrected chi connectivity index (χ4v) is 2.10. The molecule has 1 unspecified atom stereocenters. The van der Waals surface area contributed by atoms with E-state index in [2.05, 4.69) is 17.6 Å². The number of rotatable bonds is 6. The lowest BCUT2D eigenvalue weighted by atomic mass is 9.94. The van der Waals surface area contributed by atoms with Crippen molar-refractivity contribution in [3.05, 3.63) is 0 Å². The number of piperidine rings is 1. The van der Waals surface area contributed by atoms with Gasteiger partial charge in [-0.3, -0.25) is 4.79 Å². The van der Waals surface area contributed by atoms with Gasteiger partial charge in [0.15, 0.2) is 0 Å². The summed E-state index contributed by atoms with van der Waals surface area (Å²) < 4.78 is 5.06. The van der Waals surface area contributed by atoms with Crippen molar-refractivity contribution in [2.45, 2.75) is 38.6 Å². The molecule has 1 saturated heterocycles. The molecule has 0 aromatic rings. The molecule has 0 aliphatic carbocycles. The summed E-state index contributed by atoms with van der Waals surface area (Å²) in [6.45, 7) is 4.77. The predicted octanol–water partition coefficient (Wildman–Crippen LogP) is 0.917. The van der Waals surface area contributed by atoms with E-state index in [-0.39, 0.29) is 11.9 Å². The highest BCUT2D eigenvalue weighted by Gasteiger charge is 2.18. The lowest BCUT2D eigenvalue weighted by Crippen LogP contribution is -2.39. The fraction of sp³-hybridized carbons (Fsp3) is 0.917. The van der Waals surface area contributed by atoms with Gasteiger partial charge in [-0.1, -0.05) is 6.92 Å². The Morgan fingerprint density at radius 1 is 1.50 bits per heavy atom. The SMILES string of the molecule is CCC(COC)NC(=O)CC1CCNCC1. The molecule has 1 aliphatic rings. The standard InChI is InChI=1S/C12H24N2O2/c1-3-11(9-16-2)14-12(15)8-10-4-6-13-7-5-10/h10-11,13H,3-9H2,1-2H3,(H,14,15). The molecule has 1 rings (SSSR count). The highest BCUT2D eigenvalue weighted by atomic mass is 16.5. The van der Waals surface area contributed by atoms with Crippen molar-refractivity contribution in [1.82, 2.24) is 10.6 Å². The van der Waals surface area contributed by atoms with E-state index >= 15 is 0 Å². The van der Waals surface area contributed by atoms with Gasteiger partial charge in [-0.05, 0) is 38.3 Å². The van der Waals surface area contributed by atoms with Gasteiger partial charge in [-0.2, -0.15) is 0 Å². The van der Waals surface area contributed by atoms with Gasteiger partial charge in [0.05, 0.1) is 12.6 Å². The van der Waals surface area contributed by atoms with Crippen LogP contribution in [-0.4, -0.2) is 38.8 Å². The maximum Gasteiger partial charge on any atom is 0.220 e. The number of hydrogen-bond donors (Lipinski definition) is 2. The van der Waals surface area contributed by atoms with Crippen LogP contribution in [0.15, 0.2) is 0 Å². The first-order chi connectivity index (χ1) is 7.76. The topological polar surface area (TPSA) is 50.4 Å². The second-order valence-corrected chi connectivity index (χ2v) is 4.53. The molecule has 0 spiro atoms. The van der Waals surface area contributed by atoms with E-state index in [9.17, 15) is 4.79 Å². The lowest BCUT2D eigenvalue weighted by molar-refractivity contribution is -0.123. The van der Waals surface area contributed by atoms with Gasteiger partial charge in [0.25, 0.3) is 0 Å². The summed E-state index contributed by atoms with van der Waals surface area (Å²) in [5.74, 6) is 0.733. The van der Waals surface area contributed by atoms with Gasteiger partial charge in [0.2, 0.25) is 5.91 Å². The van der Waals surface area contributed by atoms with Gasteiger partial charge in [-0.15, -0.1) is 0 Å². The van der Waals surface area contributed by atoms with Crippen LogP contribution in [-0.2, 0) is 9.53 Å². The quantitative estimate of drug-likeness (QED) is 0.710. The zero-order valence-corrected chi connectivity index (χ0v) is 10.4. The van der Waals surface area contributed by atoms with E-state index in [1.165, 1.54) is 0 Å². The molecule has 1 aliphatic heterocycles. The van der Waals surface area contributed by atoms with Crippen LogP contribution in [0.1, 0.15) is 32.6 Å². The van der Waals surface area contributed by atoms with Gasteiger partial charge in [-0.25, -0.2) is 0 Å². The average Bonchev–Trinajstić information content (AvgIpc) is 2.29. The number of amides is 1. The first-order valence-corrected chi connectivity index (χ1v) is 6.25. The van der Waals surface area contributed by atoms with E-state index < -0.39 is 0 Å². The molecule has 4 nitrogen and oxygen atoms in total. The highest BCUT2D eigenvalue weighted by molar-refractivity contribution is 5.76. The zero-order chi connectivity index (χ0) is 11.8. The predicted molar refractivity (Wildman–Crippen MR) is 64.3 cm³/mol. The molecule has 2 N–H and O–H groups in total. The van der Waals surface area contributed by atoms with Crippen LogP contribution in [0.4, 0.5) is 0 Å². The van der Waals surface area contributed by atoms with E-state index in [0.717, 1.165) is 32.4 Å². The molecule has 0 aromatic heterocycles. The van der Waals surface area contributed by atoms with Crippen molar-refractivity contribution >= 4 is 5.91 Å². The minimum absolute atomic E-state index is 0.166.